The summed E-state index contributed by atoms with van der Waals surface area (Å²) in [4.78, 5) is 28.1. The Kier molecular flexibility index (Phi) is 4.85. The molecule has 28 heavy (non-hydrogen) atoms. The molecule has 146 valence electrons. The highest BCUT2D eigenvalue weighted by molar-refractivity contribution is 5.95. The molecule has 2 amide bonds. The lowest BCUT2D eigenvalue weighted by Crippen LogP contribution is -2.59. The molecule has 0 aromatic heterocycles. The van der Waals surface area contributed by atoms with Gasteiger partial charge in [-0.25, -0.2) is 8.78 Å². The van der Waals surface area contributed by atoms with Crippen molar-refractivity contribution in [3.05, 3.63) is 65.7 Å². The number of rotatable bonds is 2. The van der Waals surface area contributed by atoms with E-state index in [-0.39, 0.29) is 18.4 Å². The highest BCUT2D eigenvalue weighted by Crippen LogP contribution is 2.33. The molecule has 0 saturated carbocycles. The third-order valence-corrected chi connectivity index (χ3v) is 5.40. The average Bonchev–Trinajstić information content (AvgIpc) is 2.70. The van der Waals surface area contributed by atoms with Gasteiger partial charge < -0.3 is 14.5 Å². The first-order valence-corrected chi connectivity index (χ1v) is 9.21. The lowest BCUT2D eigenvalue weighted by molar-refractivity contribution is -0.143. The van der Waals surface area contributed by atoms with Crippen LogP contribution in [-0.4, -0.2) is 48.6 Å². The van der Waals surface area contributed by atoms with Gasteiger partial charge in [0.05, 0.1) is 12.1 Å². The minimum Gasteiger partial charge on any atom is -0.363 e. The van der Waals surface area contributed by atoms with Gasteiger partial charge in [-0.3, -0.25) is 9.59 Å². The Bertz CT molecular complexity index is 910. The van der Waals surface area contributed by atoms with Crippen molar-refractivity contribution in [2.75, 3.05) is 31.1 Å². The summed E-state index contributed by atoms with van der Waals surface area (Å²) in [6, 6.07) is 11.6. The van der Waals surface area contributed by atoms with E-state index in [0.717, 1.165) is 0 Å². The average molecular weight is 386 g/mol. The number of carbonyl (C=O) groups is 2. The normalized spacial score (nSPS) is 19.1. The molecule has 2 aliphatic rings. The molecule has 0 atom stereocenters. The second kappa shape index (κ2) is 7.31. The third kappa shape index (κ3) is 3.62. The Morgan fingerprint density at radius 2 is 1.68 bits per heavy atom. The van der Waals surface area contributed by atoms with Gasteiger partial charge in [-0.2, -0.15) is 0 Å². The number of morpholine rings is 1. The summed E-state index contributed by atoms with van der Waals surface area (Å²) in [5, 5.41) is 0. The van der Waals surface area contributed by atoms with E-state index in [4.69, 9.17) is 4.74 Å². The lowest BCUT2D eigenvalue weighted by Gasteiger charge is -2.47. The first-order chi connectivity index (χ1) is 13.5. The van der Waals surface area contributed by atoms with Crippen LogP contribution in [0.15, 0.2) is 48.5 Å². The minimum absolute atomic E-state index is 0.0750. The molecule has 0 N–H and O–H groups in total. The van der Waals surface area contributed by atoms with Gasteiger partial charge in [0.15, 0.2) is 0 Å². The van der Waals surface area contributed by atoms with Crippen molar-refractivity contribution in [3.8, 4) is 0 Å². The van der Waals surface area contributed by atoms with E-state index in [1.165, 1.54) is 30.3 Å². The predicted molar refractivity (Wildman–Crippen MR) is 99.0 cm³/mol. The van der Waals surface area contributed by atoms with Crippen molar-refractivity contribution in [2.45, 2.75) is 18.4 Å². The van der Waals surface area contributed by atoms with Crippen LogP contribution in [0.25, 0.3) is 0 Å². The number of piperidine rings is 1. The second-order valence-corrected chi connectivity index (χ2v) is 7.23. The van der Waals surface area contributed by atoms with Gasteiger partial charge in [0.25, 0.3) is 11.8 Å². The largest absolute Gasteiger partial charge is 0.363 e. The fraction of sp³-hybridized carbons (Fsp3) is 0.333. The van der Waals surface area contributed by atoms with Crippen LogP contribution in [0, 0.1) is 11.6 Å². The monoisotopic (exact) mass is 386 g/mol. The first-order valence-electron chi connectivity index (χ1n) is 9.21. The van der Waals surface area contributed by atoms with E-state index in [9.17, 15) is 18.4 Å². The Labute approximate surface area is 161 Å². The zero-order chi connectivity index (χ0) is 19.7. The number of nitrogens with zero attached hydrogens (tertiary/aromatic N) is 2. The fourth-order valence-electron chi connectivity index (χ4n) is 3.82. The van der Waals surface area contributed by atoms with E-state index < -0.39 is 17.2 Å². The number of anilines is 1. The molecule has 0 bridgehead atoms. The smallest absolute Gasteiger partial charge is 0.253 e. The predicted octanol–water partition coefficient (Wildman–Crippen LogP) is 3.00. The Morgan fingerprint density at radius 3 is 2.36 bits per heavy atom. The summed E-state index contributed by atoms with van der Waals surface area (Å²) < 4.78 is 32.8. The Hall–Kier alpha value is -2.80. The van der Waals surface area contributed by atoms with Crippen molar-refractivity contribution in [1.29, 1.82) is 0 Å². The maximum absolute atomic E-state index is 13.6. The lowest BCUT2D eigenvalue weighted by atomic mass is 9.88. The molecule has 2 fully saturated rings. The van der Waals surface area contributed by atoms with Gasteiger partial charge >= 0.3 is 0 Å². The molecule has 0 aliphatic carbocycles. The van der Waals surface area contributed by atoms with Gasteiger partial charge in [-0.05, 0) is 49.2 Å². The maximum atomic E-state index is 13.6. The summed E-state index contributed by atoms with van der Waals surface area (Å²) in [6.45, 7) is 1.13. The van der Waals surface area contributed by atoms with Crippen LogP contribution in [0.5, 0.6) is 0 Å². The van der Waals surface area contributed by atoms with Gasteiger partial charge in [-0.15, -0.1) is 0 Å². The standard InChI is InChI=1S/C21H20F2N2O3/c22-16-4-1-3-15(11-16)20(27)24-9-7-21(8-10-24)14-25(19(26)13-28-21)18-6-2-5-17(23)12-18/h1-6,11-12H,7-10,13-14H2. The number of carbonyl (C=O) groups excluding carboxylic acids is 2. The van der Waals surface area contributed by atoms with Crippen LogP contribution < -0.4 is 4.90 Å². The topological polar surface area (TPSA) is 49.9 Å². The van der Waals surface area contributed by atoms with E-state index in [1.807, 2.05) is 0 Å². The second-order valence-electron chi connectivity index (χ2n) is 7.23. The van der Waals surface area contributed by atoms with Crippen LogP contribution >= 0.6 is 0 Å². The SMILES string of the molecule is O=C(c1cccc(F)c1)N1CCC2(CC1)CN(c1cccc(F)c1)C(=O)CO2. The molecule has 2 aromatic rings. The maximum Gasteiger partial charge on any atom is 0.253 e. The minimum atomic E-state index is -0.570. The number of hydrogen-bond donors (Lipinski definition) is 0. The van der Waals surface area contributed by atoms with Crippen LogP contribution in [0.2, 0.25) is 0 Å². The van der Waals surface area contributed by atoms with Crippen LogP contribution in [0.3, 0.4) is 0 Å². The highest BCUT2D eigenvalue weighted by Gasteiger charge is 2.43. The first kappa shape index (κ1) is 18.6. The molecule has 4 rings (SSSR count). The van der Waals surface area contributed by atoms with Gasteiger partial charge in [0.1, 0.15) is 18.2 Å². The fourth-order valence-corrected chi connectivity index (χ4v) is 3.82. The molecule has 0 unspecified atom stereocenters. The van der Waals surface area contributed by atoms with Crippen molar-refractivity contribution in [2.24, 2.45) is 0 Å². The number of likely N-dealkylation sites (tertiary alicyclic amines) is 1. The van der Waals surface area contributed by atoms with E-state index in [2.05, 4.69) is 0 Å². The van der Waals surface area contributed by atoms with Gasteiger partial charge in [0, 0.05) is 24.3 Å². The van der Waals surface area contributed by atoms with Crippen molar-refractivity contribution in [3.63, 3.8) is 0 Å². The van der Waals surface area contributed by atoms with E-state index in [0.29, 0.717) is 43.7 Å². The molecule has 0 radical (unpaired) electrons. The quantitative estimate of drug-likeness (QED) is 0.797. The van der Waals surface area contributed by atoms with E-state index in [1.54, 1.807) is 28.0 Å². The number of benzene rings is 2. The molecule has 2 saturated heterocycles. The van der Waals surface area contributed by atoms with Crippen molar-refractivity contribution < 1.29 is 23.1 Å². The number of amides is 2. The summed E-state index contributed by atoms with van der Waals surface area (Å²) in [5.41, 5.74) is 0.252. The summed E-state index contributed by atoms with van der Waals surface area (Å²) in [6.07, 6.45) is 1.10. The molecular weight excluding hydrogens is 366 g/mol. The molecule has 2 aromatic carbocycles. The van der Waals surface area contributed by atoms with Crippen LogP contribution in [-0.2, 0) is 9.53 Å². The number of ether oxygens (including phenoxy) is 1. The summed E-state index contributed by atoms with van der Waals surface area (Å²) in [5.74, 6) is -1.28. The Morgan fingerprint density at radius 1 is 1.00 bits per heavy atom. The zero-order valence-electron chi connectivity index (χ0n) is 15.2. The molecule has 2 heterocycles. The summed E-state index contributed by atoms with van der Waals surface area (Å²) in [7, 11) is 0. The molecule has 1 spiro atoms. The summed E-state index contributed by atoms with van der Waals surface area (Å²) >= 11 is 0. The van der Waals surface area contributed by atoms with E-state index >= 15 is 0 Å². The molecular formula is C21H20F2N2O3. The van der Waals surface area contributed by atoms with Crippen molar-refractivity contribution >= 4 is 17.5 Å². The molecule has 7 heteroatoms. The van der Waals surface area contributed by atoms with Crippen LogP contribution in [0.4, 0.5) is 14.5 Å². The van der Waals surface area contributed by atoms with Gasteiger partial charge in [-0.1, -0.05) is 12.1 Å². The van der Waals surface area contributed by atoms with Crippen molar-refractivity contribution in [1.82, 2.24) is 4.90 Å². The zero-order valence-corrected chi connectivity index (χ0v) is 15.2. The Balaban J connectivity index is 1.46. The molecule has 2 aliphatic heterocycles. The van der Waals surface area contributed by atoms with Crippen LogP contribution in [0.1, 0.15) is 23.2 Å². The number of halogens is 2. The third-order valence-electron chi connectivity index (χ3n) is 5.40. The highest BCUT2D eigenvalue weighted by atomic mass is 19.1. The number of hydrogen-bond acceptors (Lipinski definition) is 3. The molecule has 5 nitrogen and oxygen atoms in total. The van der Waals surface area contributed by atoms with Gasteiger partial charge in [0.2, 0.25) is 0 Å².